The molecule has 0 radical (unpaired) electrons. The first-order valence-electron chi connectivity index (χ1n) is 11.5. The number of carbonyl (C=O) groups excluding carboxylic acids is 2. The molecule has 6 heteroatoms. The van der Waals surface area contributed by atoms with Crippen LogP contribution in [0.25, 0.3) is 0 Å². The van der Waals surface area contributed by atoms with Crippen LogP contribution in [-0.4, -0.2) is 49.1 Å². The number of hydrogen-bond donors (Lipinski definition) is 2. The normalized spacial score (nSPS) is 14.9. The number of nitrogens with one attached hydrogen (secondary N) is 2. The second kappa shape index (κ2) is 11.0. The molecule has 0 saturated carbocycles. The number of benzene rings is 2. The van der Waals surface area contributed by atoms with Gasteiger partial charge in [-0.25, -0.2) is 4.79 Å². The van der Waals surface area contributed by atoms with Crippen LogP contribution >= 0.6 is 0 Å². The van der Waals surface area contributed by atoms with E-state index in [1.807, 2.05) is 36.1 Å². The number of urea groups is 1. The van der Waals surface area contributed by atoms with Crippen molar-refractivity contribution in [2.45, 2.75) is 46.7 Å². The van der Waals surface area contributed by atoms with Crippen molar-refractivity contribution in [3.05, 3.63) is 65.2 Å². The van der Waals surface area contributed by atoms with Gasteiger partial charge in [-0.1, -0.05) is 55.8 Å². The van der Waals surface area contributed by atoms with Crippen molar-refractivity contribution in [3.63, 3.8) is 0 Å². The number of carbonyl (C=O) groups is 2. The first-order valence-corrected chi connectivity index (χ1v) is 11.5. The van der Waals surface area contributed by atoms with E-state index in [9.17, 15) is 9.59 Å². The molecule has 2 aromatic rings. The van der Waals surface area contributed by atoms with Crippen LogP contribution in [0.15, 0.2) is 48.5 Å². The van der Waals surface area contributed by atoms with Crippen LogP contribution < -0.4 is 15.5 Å². The van der Waals surface area contributed by atoms with E-state index < -0.39 is 6.04 Å². The van der Waals surface area contributed by atoms with E-state index in [0.29, 0.717) is 32.0 Å². The monoisotopic (exact) mass is 436 g/mol. The van der Waals surface area contributed by atoms with Crippen molar-refractivity contribution in [2.75, 3.05) is 31.1 Å². The summed E-state index contributed by atoms with van der Waals surface area (Å²) >= 11 is 0. The number of piperazine rings is 1. The van der Waals surface area contributed by atoms with Crippen LogP contribution in [0, 0.1) is 19.8 Å². The highest BCUT2D eigenvalue weighted by Crippen LogP contribution is 2.19. The van der Waals surface area contributed by atoms with Crippen LogP contribution in [0.3, 0.4) is 0 Å². The van der Waals surface area contributed by atoms with Gasteiger partial charge in [0.2, 0.25) is 5.91 Å². The Morgan fingerprint density at radius 1 is 0.938 bits per heavy atom. The van der Waals surface area contributed by atoms with Gasteiger partial charge >= 0.3 is 6.03 Å². The van der Waals surface area contributed by atoms with Gasteiger partial charge in [0.05, 0.1) is 0 Å². The smallest absolute Gasteiger partial charge is 0.315 e. The maximum absolute atomic E-state index is 13.2. The molecule has 1 saturated heterocycles. The largest absolute Gasteiger partial charge is 0.368 e. The van der Waals surface area contributed by atoms with Crippen molar-refractivity contribution in [2.24, 2.45) is 5.92 Å². The van der Waals surface area contributed by atoms with Crippen molar-refractivity contribution < 1.29 is 9.59 Å². The van der Waals surface area contributed by atoms with Crippen LogP contribution in [0.1, 0.15) is 37.0 Å². The first kappa shape index (κ1) is 23.6. The highest BCUT2D eigenvalue weighted by Gasteiger charge is 2.29. The Morgan fingerprint density at radius 3 is 2.25 bits per heavy atom. The standard InChI is InChI=1S/C26H36N4O2/c1-19(2)16-24(28-26(32)27-18-22-10-8-20(3)9-11-22)25(31)30-14-12-29(13-15-30)23-7-5-6-21(4)17-23/h5-11,17,19,24H,12-16,18H2,1-4H3,(H2,27,28,32). The third-order valence-electron chi connectivity index (χ3n) is 5.84. The number of amides is 3. The lowest BCUT2D eigenvalue weighted by atomic mass is 10.0. The summed E-state index contributed by atoms with van der Waals surface area (Å²) in [6.07, 6.45) is 0.620. The van der Waals surface area contributed by atoms with Crippen LogP contribution in [0.5, 0.6) is 0 Å². The first-order chi connectivity index (χ1) is 15.3. The molecule has 3 amide bonds. The summed E-state index contributed by atoms with van der Waals surface area (Å²) in [7, 11) is 0. The Balaban J connectivity index is 1.54. The summed E-state index contributed by atoms with van der Waals surface area (Å²) in [6.45, 7) is 11.6. The molecule has 2 N–H and O–H groups in total. The average Bonchev–Trinajstić information content (AvgIpc) is 2.77. The Kier molecular flexibility index (Phi) is 8.14. The maximum Gasteiger partial charge on any atom is 0.315 e. The number of nitrogens with zero attached hydrogens (tertiary/aromatic N) is 2. The van der Waals surface area contributed by atoms with Gasteiger partial charge < -0.3 is 20.4 Å². The van der Waals surface area contributed by atoms with Crippen LogP contribution in [0.4, 0.5) is 10.5 Å². The van der Waals surface area contributed by atoms with Crippen molar-refractivity contribution in [1.29, 1.82) is 0 Å². The van der Waals surface area contributed by atoms with Gasteiger partial charge in [0, 0.05) is 38.4 Å². The Labute approximate surface area is 192 Å². The van der Waals surface area contributed by atoms with Gasteiger partial charge in [-0.2, -0.15) is 0 Å². The molecular weight excluding hydrogens is 400 g/mol. The van der Waals surface area contributed by atoms with Gasteiger partial charge in [-0.05, 0) is 49.4 Å². The summed E-state index contributed by atoms with van der Waals surface area (Å²) < 4.78 is 0. The number of hydrogen-bond acceptors (Lipinski definition) is 3. The number of rotatable bonds is 7. The summed E-state index contributed by atoms with van der Waals surface area (Å²) in [4.78, 5) is 30.0. The van der Waals surface area contributed by atoms with E-state index >= 15 is 0 Å². The summed E-state index contributed by atoms with van der Waals surface area (Å²) in [5.74, 6) is 0.308. The molecule has 2 aromatic carbocycles. The Morgan fingerprint density at radius 2 is 1.62 bits per heavy atom. The molecule has 1 fully saturated rings. The van der Waals surface area contributed by atoms with E-state index in [1.54, 1.807) is 0 Å². The molecule has 6 nitrogen and oxygen atoms in total. The van der Waals surface area contributed by atoms with Gasteiger partial charge in [0.1, 0.15) is 6.04 Å². The summed E-state index contributed by atoms with van der Waals surface area (Å²) in [5.41, 5.74) is 4.65. The predicted octanol–water partition coefficient (Wildman–Crippen LogP) is 3.87. The highest BCUT2D eigenvalue weighted by molar-refractivity contribution is 5.87. The van der Waals surface area contributed by atoms with Crippen LogP contribution in [-0.2, 0) is 11.3 Å². The SMILES string of the molecule is Cc1ccc(CNC(=O)NC(CC(C)C)C(=O)N2CCN(c3cccc(C)c3)CC2)cc1. The molecule has 0 aromatic heterocycles. The van der Waals surface area contributed by atoms with Gasteiger partial charge in [-0.3, -0.25) is 4.79 Å². The minimum Gasteiger partial charge on any atom is -0.368 e. The fraction of sp³-hybridized carbons (Fsp3) is 0.462. The second-order valence-electron chi connectivity index (χ2n) is 9.15. The highest BCUT2D eigenvalue weighted by atomic mass is 16.2. The van der Waals surface area contributed by atoms with Crippen molar-refractivity contribution in [3.8, 4) is 0 Å². The lowest BCUT2D eigenvalue weighted by molar-refractivity contribution is -0.133. The fourth-order valence-electron chi connectivity index (χ4n) is 4.02. The molecule has 0 aliphatic carbocycles. The summed E-state index contributed by atoms with van der Waals surface area (Å²) in [6, 6.07) is 15.7. The third kappa shape index (κ3) is 6.74. The number of anilines is 1. The van der Waals surface area contributed by atoms with Crippen LogP contribution in [0.2, 0.25) is 0 Å². The second-order valence-corrected chi connectivity index (χ2v) is 9.15. The van der Waals surface area contributed by atoms with Gasteiger partial charge in [-0.15, -0.1) is 0 Å². The summed E-state index contributed by atoms with van der Waals surface area (Å²) in [5, 5.41) is 5.81. The molecule has 1 atom stereocenters. The molecule has 1 unspecified atom stereocenters. The zero-order valence-corrected chi connectivity index (χ0v) is 19.7. The lowest BCUT2D eigenvalue weighted by Gasteiger charge is -2.38. The quantitative estimate of drug-likeness (QED) is 0.693. The third-order valence-corrected chi connectivity index (χ3v) is 5.84. The van der Waals surface area contributed by atoms with Gasteiger partial charge in [0.15, 0.2) is 0 Å². The molecule has 172 valence electrons. The Bertz CT molecular complexity index is 902. The topological polar surface area (TPSA) is 64.7 Å². The van der Waals surface area contributed by atoms with E-state index in [1.165, 1.54) is 16.8 Å². The predicted molar refractivity (Wildman–Crippen MR) is 130 cm³/mol. The zero-order chi connectivity index (χ0) is 23.1. The molecule has 32 heavy (non-hydrogen) atoms. The minimum atomic E-state index is -0.515. The average molecular weight is 437 g/mol. The number of aryl methyl sites for hydroxylation is 2. The van der Waals surface area contributed by atoms with Crippen molar-refractivity contribution in [1.82, 2.24) is 15.5 Å². The molecule has 1 aliphatic rings. The molecular formula is C26H36N4O2. The molecule has 1 aliphatic heterocycles. The van der Waals surface area contributed by atoms with Crippen molar-refractivity contribution >= 4 is 17.6 Å². The molecule has 3 rings (SSSR count). The van der Waals surface area contributed by atoms with E-state index in [4.69, 9.17) is 0 Å². The fourth-order valence-corrected chi connectivity index (χ4v) is 4.02. The van der Waals surface area contributed by atoms with Gasteiger partial charge in [0.25, 0.3) is 0 Å². The van der Waals surface area contributed by atoms with E-state index in [0.717, 1.165) is 18.7 Å². The maximum atomic E-state index is 13.2. The molecule has 0 bridgehead atoms. The zero-order valence-electron chi connectivity index (χ0n) is 19.7. The molecule has 0 spiro atoms. The molecule has 1 heterocycles. The lowest BCUT2D eigenvalue weighted by Crippen LogP contribution is -2.56. The van der Waals surface area contributed by atoms with E-state index in [-0.39, 0.29) is 11.9 Å². The minimum absolute atomic E-state index is 0.00748. The van der Waals surface area contributed by atoms with E-state index in [2.05, 4.69) is 60.6 Å². The Hall–Kier alpha value is -3.02.